The maximum absolute atomic E-state index is 12.1. The third-order valence-corrected chi connectivity index (χ3v) is 3.67. The fraction of sp³-hybridized carbons (Fsp3) is 0.786. The van der Waals surface area contributed by atoms with Gasteiger partial charge >= 0.3 is 5.97 Å². The monoisotopic (exact) mass is 284 g/mol. The van der Waals surface area contributed by atoms with E-state index in [0.717, 1.165) is 12.8 Å². The Hall–Kier alpha value is -1.59. The first-order valence-corrected chi connectivity index (χ1v) is 7.20. The summed E-state index contributed by atoms with van der Waals surface area (Å²) >= 11 is 0. The maximum Gasteiger partial charge on any atom is 0.308 e. The van der Waals surface area contributed by atoms with Gasteiger partial charge in [-0.25, -0.2) is 0 Å². The molecular weight excluding hydrogens is 260 g/mol. The van der Waals surface area contributed by atoms with E-state index in [9.17, 15) is 14.4 Å². The number of likely N-dealkylation sites (N-methyl/N-ethyl adjacent to an activating group) is 1. The lowest BCUT2D eigenvalue weighted by atomic mass is 9.98. The van der Waals surface area contributed by atoms with Crippen LogP contribution in [0.25, 0.3) is 0 Å². The van der Waals surface area contributed by atoms with Crippen LogP contribution in [0.5, 0.6) is 0 Å². The summed E-state index contributed by atoms with van der Waals surface area (Å²) < 4.78 is 0. The SMILES string of the molecule is CCCCC(=O)N(C)CC(=O)N1CCCC(C(=O)O)C1. The highest BCUT2D eigenvalue weighted by atomic mass is 16.4. The Morgan fingerprint density at radius 1 is 1.35 bits per heavy atom. The summed E-state index contributed by atoms with van der Waals surface area (Å²) in [5.74, 6) is -1.53. The van der Waals surface area contributed by atoms with Gasteiger partial charge in [0, 0.05) is 26.6 Å². The molecule has 0 aromatic rings. The maximum atomic E-state index is 12.1. The zero-order valence-corrected chi connectivity index (χ0v) is 12.3. The Morgan fingerprint density at radius 3 is 2.65 bits per heavy atom. The van der Waals surface area contributed by atoms with Crippen molar-refractivity contribution in [3.05, 3.63) is 0 Å². The molecule has 1 fully saturated rings. The molecule has 1 atom stereocenters. The highest BCUT2D eigenvalue weighted by Crippen LogP contribution is 2.16. The van der Waals surface area contributed by atoms with Crippen LogP contribution in [0.15, 0.2) is 0 Å². The second-order valence-corrected chi connectivity index (χ2v) is 5.37. The minimum atomic E-state index is -0.852. The Morgan fingerprint density at radius 2 is 2.05 bits per heavy atom. The molecule has 1 saturated heterocycles. The van der Waals surface area contributed by atoms with E-state index in [1.54, 1.807) is 11.9 Å². The topological polar surface area (TPSA) is 77.9 Å². The number of likely N-dealkylation sites (tertiary alicyclic amines) is 1. The predicted octanol–water partition coefficient (Wildman–Crippen LogP) is 0.958. The summed E-state index contributed by atoms with van der Waals surface area (Å²) in [6.07, 6.45) is 3.54. The van der Waals surface area contributed by atoms with Crippen molar-refractivity contribution >= 4 is 17.8 Å². The predicted molar refractivity (Wildman–Crippen MR) is 74.1 cm³/mol. The highest BCUT2D eigenvalue weighted by molar-refractivity contribution is 5.85. The van der Waals surface area contributed by atoms with Gasteiger partial charge in [0.1, 0.15) is 0 Å². The number of carboxylic acids is 1. The number of unbranched alkanes of at least 4 members (excludes halogenated alkanes) is 1. The smallest absolute Gasteiger partial charge is 0.308 e. The van der Waals surface area contributed by atoms with Crippen LogP contribution < -0.4 is 0 Å². The molecule has 6 heteroatoms. The van der Waals surface area contributed by atoms with E-state index < -0.39 is 11.9 Å². The van der Waals surface area contributed by atoms with Crippen LogP contribution in [0.3, 0.4) is 0 Å². The van der Waals surface area contributed by atoms with Gasteiger partial charge in [-0.05, 0) is 19.3 Å². The standard InChI is InChI=1S/C14H24N2O4/c1-3-4-7-12(17)15(2)10-13(18)16-8-5-6-11(9-16)14(19)20/h11H,3-10H2,1-2H3,(H,19,20). The molecule has 0 bridgehead atoms. The van der Waals surface area contributed by atoms with Gasteiger partial charge in [-0.15, -0.1) is 0 Å². The largest absolute Gasteiger partial charge is 0.481 e. The molecule has 1 rings (SSSR count). The van der Waals surface area contributed by atoms with Crippen molar-refractivity contribution in [2.45, 2.75) is 39.0 Å². The van der Waals surface area contributed by atoms with Gasteiger partial charge in [-0.3, -0.25) is 14.4 Å². The van der Waals surface area contributed by atoms with Crippen molar-refractivity contribution in [2.24, 2.45) is 5.92 Å². The van der Waals surface area contributed by atoms with Gasteiger partial charge in [0.2, 0.25) is 11.8 Å². The fourth-order valence-corrected chi connectivity index (χ4v) is 2.32. The lowest BCUT2D eigenvalue weighted by molar-refractivity contribution is -0.147. The van der Waals surface area contributed by atoms with Crippen LogP contribution >= 0.6 is 0 Å². The molecule has 114 valence electrons. The Bertz CT molecular complexity index is 370. The van der Waals surface area contributed by atoms with E-state index >= 15 is 0 Å². The number of nitrogens with zero attached hydrogens (tertiary/aromatic N) is 2. The lowest BCUT2D eigenvalue weighted by Gasteiger charge is -2.32. The van der Waals surface area contributed by atoms with Crippen LogP contribution in [0, 0.1) is 5.92 Å². The molecule has 1 unspecified atom stereocenters. The number of carbonyl (C=O) groups is 3. The summed E-state index contributed by atoms with van der Waals surface area (Å²) in [7, 11) is 1.62. The zero-order valence-electron chi connectivity index (χ0n) is 12.3. The van der Waals surface area contributed by atoms with Crippen molar-refractivity contribution in [1.82, 2.24) is 9.80 Å². The quantitative estimate of drug-likeness (QED) is 0.788. The number of carbonyl (C=O) groups excluding carboxylic acids is 2. The highest BCUT2D eigenvalue weighted by Gasteiger charge is 2.28. The van der Waals surface area contributed by atoms with E-state index in [0.29, 0.717) is 25.8 Å². The fourth-order valence-electron chi connectivity index (χ4n) is 2.32. The summed E-state index contributed by atoms with van der Waals surface area (Å²) in [5.41, 5.74) is 0. The van der Waals surface area contributed by atoms with Gasteiger partial charge in [0.05, 0.1) is 12.5 Å². The first-order chi connectivity index (χ1) is 9.45. The molecule has 2 amide bonds. The van der Waals surface area contributed by atoms with Gasteiger partial charge in [-0.1, -0.05) is 13.3 Å². The molecule has 0 aliphatic carbocycles. The normalized spacial score (nSPS) is 18.7. The van der Waals surface area contributed by atoms with Crippen LogP contribution in [0.2, 0.25) is 0 Å². The zero-order chi connectivity index (χ0) is 15.1. The number of rotatable bonds is 6. The minimum absolute atomic E-state index is 0.0352. The molecule has 0 aromatic carbocycles. The number of aliphatic carboxylic acids is 1. The average Bonchev–Trinajstić information content (AvgIpc) is 2.44. The van der Waals surface area contributed by atoms with E-state index in [2.05, 4.69) is 0 Å². The van der Waals surface area contributed by atoms with E-state index in [4.69, 9.17) is 5.11 Å². The van der Waals surface area contributed by atoms with Crippen molar-refractivity contribution in [3.8, 4) is 0 Å². The van der Waals surface area contributed by atoms with Crippen LogP contribution in [-0.4, -0.2) is 59.4 Å². The average molecular weight is 284 g/mol. The third kappa shape index (κ3) is 4.83. The third-order valence-electron chi connectivity index (χ3n) is 3.67. The number of amides is 2. The van der Waals surface area contributed by atoms with Crippen LogP contribution in [0.4, 0.5) is 0 Å². The molecule has 0 radical (unpaired) electrons. The molecule has 0 saturated carbocycles. The summed E-state index contributed by atoms with van der Waals surface area (Å²) in [5, 5.41) is 9.00. The minimum Gasteiger partial charge on any atom is -0.481 e. The number of hydrogen-bond donors (Lipinski definition) is 1. The number of hydrogen-bond acceptors (Lipinski definition) is 3. The van der Waals surface area contributed by atoms with Gasteiger partial charge in [-0.2, -0.15) is 0 Å². The first-order valence-electron chi connectivity index (χ1n) is 7.20. The first kappa shape index (κ1) is 16.5. The molecule has 0 spiro atoms. The van der Waals surface area contributed by atoms with E-state index in [1.165, 1.54) is 4.90 Å². The summed E-state index contributed by atoms with van der Waals surface area (Å²) in [4.78, 5) is 37.8. The van der Waals surface area contributed by atoms with E-state index in [-0.39, 0.29) is 24.9 Å². The Kier molecular flexibility index (Phi) is 6.48. The lowest BCUT2D eigenvalue weighted by Crippen LogP contribution is -2.46. The molecular formula is C14H24N2O4. The summed E-state index contributed by atoms with van der Waals surface area (Å²) in [6.45, 7) is 2.89. The second kappa shape index (κ2) is 7.87. The van der Waals surface area contributed by atoms with Gasteiger partial charge in [0.15, 0.2) is 0 Å². The molecule has 20 heavy (non-hydrogen) atoms. The van der Waals surface area contributed by atoms with Crippen LogP contribution in [0.1, 0.15) is 39.0 Å². The van der Waals surface area contributed by atoms with Crippen molar-refractivity contribution < 1.29 is 19.5 Å². The number of carboxylic acid groups (broad SMARTS) is 1. The molecule has 1 aliphatic rings. The molecule has 1 N–H and O–H groups in total. The van der Waals surface area contributed by atoms with E-state index in [1.807, 2.05) is 6.92 Å². The van der Waals surface area contributed by atoms with Crippen molar-refractivity contribution in [2.75, 3.05) is 26.7 Å². The van der Waals surface area contributed by atoms with Gasteiger partial charge in [0.25, 0.3) is 0 Å². The van der Waals surface area contributed by atoms with Gasteiger partial charge < -0.3 is 14.9 Å². The van der Waals surface area contributed by atoms with Crippen molar-refractivity contribution in [1.29, 1.82) is 0 Å². The molecule has 1 heterocycles. The molecule has 0 aromatic heterocycles. The van der Waals surface area contributed by atoms with Crippen molar-refractivity contribution in [3.63, 3.8) is 0 Å². The Labute approximate surface area is 119 Å². The molecule has 6 nitrogen and oxygen atoms in total. The summed E-state index contributed by atoms with van der Waals surface area (Å²) in [6, 6.07) is 0. The molecule has 1 aliphatic heterocycles. The number of piperidine rings is 1. The second-order valence-electron chi connectivity index (χ2n) is 5.37. The van der Waals surface area contributed by atoms with Crippen LogP contribution in [-0.2, 0) is 14.4 Å². The Balaban J connectivity index is 2.45.